The van der Waals surface area contributed by atoms with Gasteiger partial charge in [-0.1, -0.05) is 29.8 Å². The Kier molecular flexibility index (Phi) is 4.97. The molecule has 1 aliphatic heterocycles. The molecule has 3 nitrogen and oxygen atoms in total. The van der Waals surface area contributed by atoms with E-state index in [0.717, 1.165) is 19.7 Å². The summed E-state index contributed by atoms with van der Waals surface area (Å²) < 4.78 is 5.28. The number of ether oxygens (including phenoxy) is 1. The Hall–Kier alpha value is -0.900. The average molecular weight is 262 g/mol. The van der Waals surface area contributed by atoms with Crippen molar-refractivity contribution < 1.29 is 4.74 Å². The highest BCUT2D eigenvalue weighted by atomic mass is 16.5. The number of methoxy groups -OCH3 is 1. The van der Waals surface area contributed by atoms with Gasteiger partial charge in [0.2, 0.25) is 0 Å². The van der Waals surface area contributed by atoms with E-state index >= 15 is 0 Å². The standard InChI is InChI=1S/C16H26N2O/c1-12-4-6-15(7-5-12)16(13(2)17)18-9-8-14(10-18)11-19-3/h4-7,13-14,16H,8-11,17H2,1-3H3. The molecule has 0 amide bonds. The highest BCUT2D eigenvalue weighted by Gasteiger charge is 2.30. The Morgan fingerprint density at radius 1 is 1.37 bits per heavy atom. The third-order valence-electron chi connectivity index (χ3n) is 4.03. The van der Waals surface area contributed by atoms with Gasteiger partial charge in [0.05, 0.1) is 6.61 Å². The van der Waals surface area contributed by atoms with Crippen molar-refractivity contribution >= 4 is 0 Å². The minimum Gasteiger partial charge on any atom is -0.384 e. The van der Waals surface area contributed by atoms with Crippen LogP contribution >= 0.6 is 0 Å². The molecule has 1 saturated heterocycles. The van der Waals surface area contributed by atoms with E-state index in [1.54, 1.807) is 7.11 Å². The van der Waals surface area contributed by atoms with E-state index < -0.39 is 0 Å². The van der Waals surface area contributed by atoms with Gasteiger partial charge in [0, 0.05) is 25.7 Å². The lowest BCUT2D eigenvalue weighted by Crippen LogP contribution is -2.38. The van der Waals surface area contributed by atoms with Crippen LogP contribution in [0.25, 0.3) is 0 Å². The largest absolute Gasteiger partial charge is 0.384 e. The van der Waals surface area contributed by atoms with Crippen molar-refractivity contribution in [2.45, 2.75) is 32.4 Å². The molecule has 3 heteroatoms. The lowest BCUT2D eigenvalue weighted by atomic mass is 9.98. The first kappa shape index (κ1) is 14.5. The molecule has 0 spiro atoms. The highest BCUT2D eigenvalue weighted by Crippen LogP contribution is 2.29. The van der Waals surface area contributed by atoms with Gasteiger partial charge in [0.1, 0.15) is 0 Å². The van der Waals surface area contributed by atoms with E-state index in [1.807, 2.05) is 0 Å². The fraction of sp³-hybridized carbons (Fsp3) is 0.625. The Balaban J connectivity index is 2.11. The molecular formula is C16H26N2O. The minimum atomic E-state index is 0.143. The zero-order valence-electron chi connectivity index (χ0n) is 12.3. The number of nitrogens with zero attached hydrogens (tertiary/aromatic N) is 1. The van der Waals surface area contributed by atoms with Crippen molar-refractivity contribution in [3.05, 3.63) is 35.4 Å². The smallest absolute Gasteiger partial charge is 0.0503 e. The second kappa shape index (κ2) is 6.51. The van der Waals surface area contributed by atoms with Gasteiger partial charge >= 0.3 is 0 Å². The summed E-state index contributed by atoms with van der Waals surface area (Å²) in [6, 6.07) is 9.24. The predicted octanol–water partition coefficient (Wildman–Crippen LogP) is 2.35. The molecule has 0 saturated carbocycles. The maximum Gasteiger partial charge on any atom is 0.0503 e. The van der Waals surface area contributed by atoms with Crippen molar-refractivity contribution in [1.82, 2.24) is 4.90 Å². The van der Waals surface area contributed by atoms with Crippen molar-refractivity contribution in [3.8, 4) is 0 Å². The van der Waals surface area contributed by atoms with Gasteiger partial charge in [0.25, 0.3) is 0 Å². The molecule has 1 aromatic carbocycles. The van der Waals surface area contributed by atoms with Crippen LogP contribution in [-0.4, -0.2) is 37.7 Å². The summed E-state index contributed by atoms with van der Waals surface area (Å²) in [5, 5.41) is 0. The normalized spacial score (nSPS) is 23.5. The minimum absolute atomic E-state index is 0.143. The number of likely N-dealkylation sites (tertiary alicyclic amines) is 1. The van der Waals surface area contributed by atoms with Crippen LogP contribution in [0, 0.1) is 12.8 Å². The molecule has 0 radical (unpaired) electrons. The summed E-state index contributed by atoms with van der Waals surface area (Å²) in [6.07, 6.45) is 1.21. The number of aryl methyl sites for hydroxylation is 1. The number of nitrogens with two attached hydrogens (primary N) is 1. The van der Waals surface area contributed by atoms with E-state index in [4.69, 9.17) is 10.5 Å². The molecule has 1 aromatic rings. The molecule has 106 valence electrons. The van der Waals surface area contributed by atoms with Crippen LogP contribution in [0.4, 0.5) is 0 Å². The van der Waals surface area contributed by atoms with Gasteiger partial charge < -0.3 is 10.5 Å². The molecule has 1 fully saturated rings. The third kappa shape index (κ3) is 3.56. The number of rotatable bonds is 5. The number of hydrogen-bond donors (Lipinski definition) is 1. The van der Waals surface area contributed by atoms with E-state index in [-0.39, 0.29) is 6.04 Å². The Morgan fingerprint density at radius 3 is 2.63 bits per heavy atom. The van der Waals surface area contributed by atoms with Gasteiger partial charge in [-0.05, 0) is 38.3 Å². The summed E-state index contributed by atoms with van der Waals surface area (Å²) in [6.45, 7) is 7.29. The fourth-order valence-corrected chi connectivity index (χ4v) is 3.10. The van der Waals surface area contributed by atoms with E-state index in [2.05, 4.69) is 43.0 Å². The number of benzene rings is 1. The SMILES string of the molecule is COCC1CCN(C(c2ccc(C)cc2)C(C)N)C1. The summed E-state index contributed by atoms with van der Waals surface area (Å²) >= 11 is 0. The van der Waals surface area contributed by atoms with Gasteiger partial charge in [-0.2, -0.15) is 0 Å². The Bertz CT molecular complexity index is 388. The lowest BCUT2D eigenvalue weighted by Gasteiger charge is -2.31. The Labute approximate surface area is 116 Å². The first-order chi connectivity index (χ1) is 9.11. The number of hydrogen-bond acceptors (Lipinski definition) is 3. The predicted molar refractivity (Wildman–Crippen MR) is 79.1 cm³/mol. The monoisotopic (exact) mass is 262 g/mol. The quantitative estimate of drug-likeness (QED) is 0.885. The van der Waals surface area contributed by atoms with E-state index in [9.17, 15) is 0 Å². The highest BCUT2D eigenvalue weighted by molar-refractivity contribution is 5.25. The van der Waals surface area contributed by atoms with Crippen molar-refractivity contribution in [3.63, 3.8) is 0 Å². The molecule has 0 aromatic heterocycles. The summed E-state index contributed by atoms with van der Waals surface area (Å²) in [5.74, 6) is 0.650. The lowest BCUT2D eigenvalue weighted by molar-refractivity contribution is 0.143. The van der Waals surface area contributed by atoms with Crippen LogP contribution in [0.1, 0.15) is 30.5 Å². The zero-order valence-corrected chi connectivity index (χ0v) is 12.3. The van der Waals surface area contributed by atoms with Crippen LogP contribution in [-0.2, 0) is 4.74 Å². The molecule has 2 N–H and O–H groups in total. The van der Waals surface area contributed by atoms with Crippen LogP contribution in [0.15, 0.2) is 24.3 Å². The summed E-state index contributed by atoms with van der Waals surface area (Å²) in [4.78, 5) is 2.51. The van der Waals surface area contributed by atoms with Crippen molar-refractivity contribution in [2.24, 2.45) is 11.7 Å². The summed E-state index contributed by atoms with van der Waals surface area (Å²) in [5.41, 5.74) is 8.86. The first-order valence-electron chi connectivity index (χ1n) is 7.17. The molecule has 19 heavy (non-hydrogen) atoms. The van der Waals surface area contributed by atoms with Crippen LogP contribution in [0.3, 0.4) is 0 Å². The third-order valence-corrected chi connectivity index (χ3v) is 4.03. The topological polar surface area (TPSA) is 38.5 Å². The maximum absolute atomic E-state index is 6.23. The summed E-state index contributed by atoms with van der Waals surface area (Å²) in [7, 11) is 1.78. The van der Waals surface area contributed by atoms with Crippen molar-refractivity contribution in [1.29, 1.82) is 0 Å². The molecule has 0 aliphatic carbocycles. The van der Waals surface area contributed by atoms with E-state index in [0.29, 0.717) is 12.0 Å². The molecule has 1 heterocycles. The second-order valence-corrected chi connectivity index (χ2v) is 5.82. The molecule has 2 rings (SSSR count). The van der Waals surface area contributed by atoms with Crippen molar-refractivity contribution in [2.75, 3.05) is 26.8 Å². The van der Waals surface area contributed by atoms with Crippen LogP contribution < -0.4 is 5.73 Å². The zero-order chi connectivity index (χ0) is 13.8. The van der Waals surface area contributed by atoms with Crippen LogP contribution in [0.5, 0.6) is 0 Å². The molecule has 3 atom stereocenters. The van der Waals surface area contributed by atoms with Gasteiger partial charge in [-0.15, -0.1) is 0 Å². The Morgan fingerprint density at radius 2 is 2.05 bits per heavy atom. The van der Waals surface area contributed by atoms with Crippen LogP contribution in [0.2, 0.25) is 0 Å². The maximum atomic E-state index is 6.23. The van der Waals surface area contributed by atoms with Gasteiger partial charge in [-0.3, -0.25) is 4.90 Å². The first-order valence-corrected chi connectivity index (χ1v) is 7.17. The van der Waals surface area contributed by atoms with Gasteiger partial charge in [0.15, 0.2) is 0 Å². The second-order valence-electron chi connectivity index (χ2n) is 5.82. The van der Waals surface area contributed by atoms with E-state index in [1.165, 1.54) is 17.5 Å². The molecular weight excluding hydrogens is 236 g/mol. The molecule has 0 bridgehead atoms. The van der Waals surface area contributed by atoms with Gasteiger partial charge in [-0.25, -0.2) is 0 Å². The average Bonchev–Trinajstić information content (AvgIpc) is 2.80. The fourth-order valence-electron chi connectivity index (χ4n) is 3.10. The molecule has 3 unspecified atom stereocenters. The molecule has 1 aliphatic rings.